The van der Waals surface area contributed by atoms with Crippen molar-refractivity contribution < 1.29 is 13.9 Å². The zero-order valence-corrected chi connectivity index (χ0v) is 11.9. The van der Waals surface area contributed by atoms with E-state index in [1.54, 1.807) is 0 Å². The average Bonchev–Trinajstić information content (AvgIpc) is 2.28. The molecule has 1 aromatic rings. The second kappa shape index (κ2) is 6.70. The molecule has 0 aliphatic heterocycles. The summed E-state index contributed by atoms with van der Waals surface area (Å²) in [5.41, 5.74) is 5.67. The van der Waals surface area contributed by atoms with Crippen molar-refractivity contribution in [3.05, 3.63) is 28.0 Å². The minimum absolute atomic E-state index is 0.0539. The molecule has 3 N–H and O–H groups in total. The summed E-state index contributed by atoms with van der Waals surface area (Å²) in [6.07, 6.45) is 0.120. The summed E-state index contributed by atoms with van der Waals surface area (Å²) in [5.74, 6) is -0.873. The lowest BCUT2D eigenvalue weighted by atomic mass is 10.2. The first-order valence-electron chi connectivity index (χ1n) is 5.56. The summed E-state index contributed by atoms with van der Waals surface area (Å²) in [4.78, 5) is 11.8. The van der Waals surface area contributed by atoms with Crippen LogP contribution in [0.5, 0.6) is 0 Å². The molecule has 0 radical (unpaired) electrons. The van der Waals surface area contributed by atoms with Gasteiger partial charge in [0.2, 0.25) is 0 Å². The highest BCUT2D eigenvalue weighted by atomic mass is 79.9. The van der Waals surface area contributed by atoms with Crippen molar-refractivity contribution in [2.75, 3.05) is 18.9 Å². The molecular weight excluding hydrogens is 303 g/mol. The summed E-state index contributed by atoms with van der Waals surface area (Å²) in [6.45, 7) is 4.65. The van der Waals surface area contributed by atoms with Crippen LogP contribution in [0.25, 0.3) is 0 Å². The number of hydrogen-bond donors (Lipinski definition) is 2. The maximum absolute atomic E-state index is 13.1. The lowest BCUT2D eigenvalue weighted by Gasteiger charge is -2.10. The molecule has 0 unspecified atom stereocenters. The summed E-state index contributed by atoms with van der Waals surface area (Å²) in [6, 6.07) is 2.48. The monoisotopic (exact) mass is 318 g/mol. The third-order valence-corrected chi connectivity index (χ3v) is 2.83. The summed E-state index contributed by atoms with van der Waals surface area (Å²) < 4.78 is 18.8. The number of ether oxygens (including phenoxy) is 1. The summed E-state index contributed by atoms with van der Waals surface area (Å²) in [5, 5.41) is 2.67. The maximum Gasteiger partial charge on any atom is 0.252 e. The van der Waals surface area contributed by atoms with Crippen LogP contribution in [0.1, 0.15) is 24.2 Å². The van der Waals surface area contributed by atoms with E-state index < -0.39 is 5.82 Å². The summed E-state index contributed by atoms with van der Waals surface area (Å²) >= 11 is 3.13. The standard InChI is InChI=1S/C12H16BrFN2O2/c1-7(2)18-4-3-16-12(17)8-5-11(15)10(14)6-9(8)13/h5-7H,3-4,15H2,1-2H3,(H,16,17). The Balaban J connectivity index is 2.59. The SMILES string of the molecule is CC(C)OCCNC(=O)c1cc(N)c(F)cc1Br. The van der Waals surface area contributed by atoms with Crippen molar-refractivity contribution in [2.45, 2.75) is 20.0 Å². The van der Waals surface area contributed by atoms with Gasteiger partial charge in [-0.3, -0.25) is 4.79 Å². The molecular formula is C12H16BrFN2O2. The van der Waals surface area contributed by atoms with Crippen LogP contribution < -0.4 is 11.1 Å². The van der Waals surface area contributed by atoms with Gasteiger partial charge in [0.25, 0.3) is 5.91 Å². The number of amides is 1. The lowest BCUT2D eigenvalue weighted by molar-refractivity contribution is 0.0746. The van der Waals surface area contributed by atoms with Crippen LogP contribution in [0.4, 0.5) is 10.1 Å². The molecule has 1 amide bonds. The van der Waals surface area contributed by atoms with Crippen molar-refractivity contribution in [3.8, 4) is 0 Å². The molecule has 1 aromatic carbocycles. The minimum Gasteiger partial charge on any atom is -0.396 e. The molecule has 0 fully saturated rings. The Bertz CT molecular complexity index is 438. The molecule has 1 rings (SSSR count). The maximum atomic E-state index is 13.1. The fraction of sp³-hybridized carbons (Fsp3) is 0.417. The Labute approximate surface area is 114 Å². The smallest absolute Gasteiger partial charge is 0.252 e. The van der Waals surface area contributed by atoms with E-state index in [1.807, 2.05) is 13.8 Å². The van der Waals surface area contributed by atoms with Gasteiger partial charge in [-0.05, 0) is 41.9 Å². The van der Waals surface area contributed by atoms with Crippen molar-refractivity contribution >= 4 is 27.5 Å². The normalized spacial score (nSPS) is 10.7. The number of benzene rings is 1. The Morgan fingerprint density at radius 1 is 1.56 bits per heavy atom. The first-order valence-corrected chi connectivity index (χ1v) is 6.35. The van der Waals surface area contributed by atoms with Gasteiger partial charge in [-0.25, -0.2) is 4.39 Å². The number of halogens is 2. The molecule has 6 heteroatoms. The Morgan fingerprint density at radius 2 is 2.22 bits per heavy atom. The number of nitrogens with one attached hydrogen (secondary N) is 1. The fourth-order valence-corrected chi connectivity index (χ4v) is 1.79. The number of hydrogen-bond acceptors (Lipinski definition) is 3. The van der Waals surface area contributed by atoms with Gasteiger partial charge in [0.1, 0.15) is 5.82 Å². The predicted octanol–water partition coefficient (Wildman–Crippen LogP) is 2.33. The van der Waals surface area contributed by atoms with E-state index in [9.17, 15) is 9.18 Å². The van der Waals surface area contributed by atoms with Crippen molar-refractivity contribution in [2.24, 2.45) is 0 Å². The topological polar surface area (TPSA) is 64.3 Å². The van der Waals surface area contributed by atoms with Crippen LogP contribution in [0.2, 0.25) is 0 Å². The van der Waals surface area contributed by atoms with Crippen LogP contribution in [0, 0.1) is 5.82 Å². The van der Waals surface area contributed by atoms with Gasteiger partial charge >= 0.3 is 0 Å². The molecule has 0 aliphatic rings. The quantitative estimate of drug-likeness (QED) is 0.647. The van der Waals surface area contributed by atoms with Gasteiger partial charge in [0, 0.05) is 11.0 Å². The molecule has 0 saturated heterocycles. The van der Waals surface area contributed by atoms with Gasteiger partial charge < -0.3 is 15.8 Å². The molecule has 0 aromatic heterocycles. The van der Waals surface area contributed by atoms with E-state index in [1.165, 1.54) is 12.1 Å². The van der Waals surface area contributed by atoms with Crippen LogP contribution in [0.3, 0.4) is 0 Å². The number of nitrogen functional groups attached to an aromatic ring is 1. The Kier molecular flexibility index (Phi) is 5.55. The summed E-state index contributed by atoms with van der Waals surface area (Å²) in [7, 11) is 0. The molecule has 100 valence electrons. The molecule has 4 nitrogen and oxygen atoms in total. The molecule has 0 bridgehead atoms. The Morgan fingerprint density at radius 3 is 2.83 bits per heavy atom. The average molecular weight is 319 g/mol. The lowest BCUT2D eigenvalue weighted by Crippen LogP contribution is -2.28. The second-order valence-corrected chi connectivity index (χ2v) is 4.88. The molecule has 0 atom stereocenters. The third-order valence-electron chi connectivity index (χ3n) is 2.17. The van der Waals surface area contributed by atoms with Crippen molar-refractivity contribution in [1.82, 2.24) is 5.32 Å². The zero-order chi connectivity index (χ0) is 13.7. The van der Waals surface area contributed by atoms with Crippen LogP contribution in [-0.2, 0) is 4.74 Å². The van der Waals surface area contributed by atoms with Crippen LogP contribution in [-0.4, -0.2) is 25.2 Å². The Hall–Kier alpha value is -1.14. The highest BCUT2D eigenvalue weighted by Gasteiger charge is 2.12. The number of nitrogens with two attached hydrogens (primary N) is 1. The number of carbonyl (C=O) groups excluding carboxylic acids is 1. The molecule has 0 heterocycles. The van der Waals surface area contributed by atoms with Gasteiger partial charge in [-0.15, -0.1) is 0 Å². The first kappa shape index (κ1) is 14.9. The highest BCUT2D eigenvalue weighted by Crippen LogP contribution is 2.22. The zero-order valence-electron chi connectivity index (χ0n) is 10.3. The molecule has 0 aliphatic carbocycles. The van der Waals surface area contributed by atoms with Crippen LogP contribution in [0.15, 0.2) is 16.6 Å². The largest absolute Gasteiger partial charge is 0.396 e. The van der Waals surface area contributed by atoms with E-state index in [4.69, 9.17) is 10.5 Å². The molecule has 0 saturated carbocycles. The van der Waals surface area contributed by atoms with Crippen molar-refractivity contribution in [3.63, 3.8) is 0 Å². The first-order chi connectivity index (χ1) is 8.41. The number of rotatable bonds is 5. The predicted molar refractivity (Wildman–Crippen MR) is 71.9 cm³/mol. The van der Waals surface area contributed by atoms with Crippen molar-refractivity contribution in [1.29, 1.82) is 0 Å². The molecule has 0 spiro atoms. The van der Waals surface area contributed by atoms with E-state index in [0.29, 0.717) is 23.2 Å². The van der Waals surface area contributed by atoms with E-state index >= 15 is 0 Å². The van der Waals surface area contributed by atoms with E-state index in [-0.39, 0.29) is 17.7 Å². The third kappa shape index (κ3) is 4.27. The molecule has 18 heavy (non-hydrogen) atoms. The van der Waals surface area contributed by atoms with Crippen LogP contribution >= 0.6 is 15.9 Å². The van der Waals surface area contributed by atoms with E-state index in [0.717, 1.165) is 0 Å². The second-order valence-electron chi connectivity index (χ2n) is 4.03. The van der Waals surface area contributed by atoms with E-state index in [2.05, 4.69) is 21.2 Å². The highest BCUT2D eigenvalue weighted by molar-refractivity contribution is 9.10. The van der Waals surface area contributed by atoms with Gasteiger partial charge in [-0.1, -0.05) is 0 Å². The fourth-order valence-electron chi connectivity index (χ4n) is 1.29. The minimum atomic E-state index is -0.554. The van der Waals surface area contributed by atoms with Gasteiger partial charge in [0.05, 0.1) is 24.0 Å². The van der Waals surface area contributed by atoms with Gasteiger partial charge in [0.15, 0.2) is 0 Å². The number of carbonyl (C=O) groups is 1. The van der Waals surface area contributed by atoms with Gasteiger partial charge in [-0.2, -0.15) is 0 Å². The number of anilines is 1.